The van der Waals surface area contributed by atoms with Gasteiger partial charge in [-0.25, -0.2) is 0 Å². The van der Waals surface area contributed by atoms with Crippen molar-refractivity contribution in [2.75, 3.05) is 24.4 Å². The predicted molar refractivity (Wildman–Crippen MR) is 163 cm³/mol. The molecule has 40 heavy (non-hydrogen) atoms. The number of hydrogen-bond donors (Lipinski definition) is 2. The number of pyridine rings is 1. The number of nitrogens with one attached hydrogen (secondary N) is 2. The van der Waals surface area contributed by atoms with Crippen LogP contribution in [0.2, 0.25) is 5.02 Å². The first kappa shape index (κ1) is 29.8. The number of carbonyl (C=O) groups excluding carboxylic acids is 2. The molecule has 2 N–H and O–H groups in total. The van der Waals surface area contributed by atoms with Crippen LogP contribution in [0.4, 0.5) is 11.4 Å². The van der Waals surface area contributed by atoms with Crippen LogP contribution in [0.1, 0.15) is 34.0 Å². The van der Waals surface area contributed by atoms with Gasteiger partial charge in [0.15, 0.2) is 0 Å². The molecule has 4 rings (SSSR count). The van der Waals surface area contributed by atoms with Crippen molar-refractivity contribution in [2.45, 2.75) is 13.5 Å². The molecule has 0 atom stereocenters. The zero-order chi connectivity index (χ0) is 28.9. The highest BCUT2D eigenvalue weighted by atomic mass is 35.5. The van der Waals surface area contributed by atoms with Gasteiger partial charge in [0.2, 0.25) is 0 Å². The molecule has 1 aromatic heterocycles. The topological polar surface area (TPSA) is 95.4 Å². The van der Waals surface area contributed by atoms with E-state index in [1.165, 1.54) is 13.3 Å². The molecule has 0 fully saturated rings. The summed E-state index contributed by atoms with van der Waals surface area (Å²) in [5, 5.41) is 11.4. The number of carbonyl (C=O) groups is 2. The monoisotopic (exact) mass is 554 g/mol. The molecule has 3 aromatic carbocycles. The maximum Gasteiger partial charge on any atom is 0.292 e. The Morgan fingerprint density at radius 2 is 1.75 bits per heavy atom. The fourth-order valence-corrected chi connectivity index (χ4v) is 4.25. The van der Waals surface area contributed by atoms with E-state index in [-0.39, 0.29) is 12.5 Å². The number of methoxy groups -OCH3 is 1. The molecule has 0 bridgehead atoms. The molecule has 0 radical (unpaired) electrons. The average molecular weight is 555 g/mol. The second kappa shape index (κ2) is 15.0. The van der Waals surface area contributed by atoms with Crippen molar-refractivity contribution < 1.29 is 14.3 Å². The van der Waals surface area contributed by atoms with E-state index in [4.69, 9.17) is 21.8 Å². The van der Waals surface area contributed by atoms with E-state index in [2.05, 4.69) is 15.0 Å². The number of aromatic nitrogens is 1. The average Bonchev–Trinajstić information content (AvgIpc) is 3.00. The van der Waals surface area contributed by atoms with Gasteiger partial charge in [-0.05, 0) is 65.6 Å². The number of anilines is 2. The highest BCUT2D eigenvalue weighted by molar-refractivity contribution is 6.31. The summed E-state index contributed by atoms with van der Waals surface area (Å²) in [5.41, 5.74) is 6.59. The molecule has 1 heterocycles. The fourth-order valence-electron chi connectivity index (χ4n) is 4.01. The maximum absolute atomic E-state index is 13.6. The van der Waals surface area contributed by atoms with Crippen molar-refractivity contribution in [3.05, 3.63) is 119 Å². The standard InChI is InChI=1S/C30H27ClN4O.C2H4O2/c1-3-7-21-14-27(19-34-18-21)35(30(36)22-8-5-4-6-9-22)20-25-11-10-24(16-28(25)31)23-12-13-29(33-2)26(15-23)17-32;1-4-2-3/h3-19,32-33H,20H2,1-2H3;2H,1H3/b7-3+,32-17?;. The Morgan fingerprint density at radius 1 is 1.05 bits per heavy atom. The van der Waals surface area contributed by atoms with Crippen LogP contribution >= 0.6 is 11.6 Å². The SMILES string of the molecule is C/C=C/c1cncc(N(Cc2ccc(-c3ccc(NC)c(C=N)c3)cc2Cl)C(=O)c2ccccc2)c1.COC=O. The molecule has 8 heteroatoms. The summed E-state index contributed by atoms with van der Waals surface area (Å²) in [6.45, 7) is 2.61. The molecule has 0 unspecified atom stereocenters. The zero-order valence-corrected chi connectivity index (χ0v) is 23.4. The Morgan fingerprint density at radius 3 is 2.38 bits per heavy atom. The number of benzene rings is 3. The number of halogens is 1. The van der Waals surface area contributed by atoms with Crippen molar-refractivity contribution in [3.8, 4) is 11.1 Å². The van der Waals surface area contributed by atoms with Crippen LogP contribution < -0.4 is 10.2 Å². The molecule has 204 valence electrons. The third kappa shape index (κ3) is 7.65. The summed E-state index contributed by atoms with van der Waals surface area (Å²) in [4.78, 5) is 28.6. The largest absolute Gasteiger partial charge is 0.471 e. The van der Waals surface area contributed by atoms with Crippen molar-refractivity contribution in [1.29, 1.82) is 5.41 Å². The van der Waals surface area contributed by atoms with Gasteiger partial charge in [-0.2, -0.15) is 0 Å². The lowest BCUT2D eigenvalue weighted by Gasteiger charge is -2.24. The predicted octanol–water partition coefficient (Wildman–Crippen LogP) is 7.11. The number of rotatable bonds is 9. The van der Waals surface area contributed by atoms with E-state index in [0.717, 1.165) is 33.5 Å². The molecule has 4 aromatic rings. The molecule has 0 aliphatic carbocycles. The Bertz CT molecular complexity index is 1490. The van der Waals surface area contributed by atoms with E-state index in [1.807, 2.05) is 86.8 Å². The van der Waals surface area contributed by atoms with Crippen LogP contribution in [0.25, 0.3) is 17.2 Å². The van der Waals surface area contributed by atoms with E-state index >= 15 is 0 Å². The third-order valence-electron chi connectivity index (χ3n) is 5.97. The quantitative estimate of drug-likeness (QED) is 0.170. The Hall–Kier alpha value is -4.75. The minimum absolute atomic E-state index is 0.131. The van der Waals surface area contributed by atoms with Crippen molar-refractivity contribution >= 4 is 47.6 Å². The van der Waals surface area contributed by atoms with Crippen LogP contribution in [0.3, 0.4) is 0 Å². The second-order valence-corrected chi connectivity index (χ2v) is 8.98. The van der Waals surface area contributed by atoms with Crippen LogP contribution in [0.5, 0.6) is 0 Å². The van der Waals surface area contributed by atoms with E-state index in [1.54, 1.807) is 29.4 Å². The van der Waals surface area contributed by atoms with E-state index < -0.39 is 0 Å². The summed E-state index contributed by atoms with van der Waals surface area (Å²) in [7, 11) is 3.15. The third-order valence-corrected chi connectivity index (χ3v) is 6.32. The Kier molecular flexibility index (Phi) is 11.2. The number of allylic oxidation sites excluding steroid dienone is 1. The molecule has 0 spiro atoms. The van der Waals surface area contributed by atoms with Gasteiger partial charge >= 0.3 is 0 Å². The van der Waals surface area contributed by atoms with Gasteiger partial charge in [-0.15, -0.1) is 0 Å². The Labute approximate surface area is 239 Å². The molecule has 0 aliphatic heterocycles. The molecular weight excluding hydrogens is 524 g/mol. The molecule has 0 saturated heterocycles. The smallest absolute Gasteiger partial charge is 0.292 e. The number of amides is 1. The second-order valence-electron chi connectivity index (χ2n) is 8.57. The highest BCUT2D eigenvalue weighted by Gasteiger charge is 2.20. The van der Waals surface area contributed by atoms with Gasteiger partial charge in [-0.3, -0.25) is 14.6 Å². The lowest BCUT2D eigenvalue weighted by atomic mass is 10.0. The van der Waals surface area contributed by atoms with Gasteiger partial charge in [0, 0.05) is 41.3 Å². The number of ether oxygens (including phenoxy) is 1. The molecular formula is C32H31ClN4O3. The molecule has 1 amide bonds. The van der Waals surface area contributed by atoms with Crippen molar-refractivity contribution in [3.63, 3.8) is 0 Å². The summed E-state index contributed by atoms with van der Waals surface area (Å²) in [5.74, 6) is -0.131. The van der Waals surface area contributed by atoms with Crippen LogP contribution in [0, 0.1) is 5.41 Å². The van der Waals surface area contributed by atoms with E-state index in [9.17, 15) is 4.79 Å². The summed E-state index contributed by atoms with van der Waals surface area (Å²) >= 11 is 6.75. The first-order valence-corrected chi connectivity index (χ1v) is 12.9. The summed E-state index contributed by atoms with van der Waals surface area (Å²) in [6.07, 6.45) is 8.67. The van der Waals surface area contributed by atoms with Gasteiger partial charge in [0.1, 0.15) is 0 Å². The normalized spacial score (nSPS) is 10.3. The summed E-state index contributed by atoms with van der Waals surface area (Å²) < 4.78 is 3.86. The van der Waals surface area contributed by atoms with Gasteiger partial charge in [0.25, 0.3) is 12.4 Å². The molecule has 0 saturated carbocycles. The molecule has 0 aliphatic rings. The van der Waals surface area contributed by atoms with Crippen LogP contribution in [-0.2, 0) is 16.1 Å². The lowest BCUT2D eigenvalue weighted by molar-refractivity contribution is -0.126. The minimum atomic E-state index is -0.131. The number of nitrogens with zero attached hydrogens (tertiary/aromatic N) is 2. The van der Waals surface area contributed by atoms with Gasteiger partial charge in [0.05, 0.1) is 25.5 Å². The lowest BCUT2D eigenvalue weighted by Crippen LogP contribution is -2.30. The van der Waals surface area contributed by atoms with Crippen LogP contribution in [-0.4, -0.2) is 37.7 Å². The Balaban J connectivity index is 0.00000103. The van der Waals surface area contributed by atoms with Gasteiger partial charge < -0.3 is 20.4 Å². The first-order valence-electron chi connectivity index (χ1n) is 12.5. The number of hydrogen-bond acceptors (Lipinski definition) is 6. The van der Waals surface area contributed by atoms with Crippen molar-refractivity contribution in [1.82, 2.24) is 4.98 Å². The molecule has 7 nitrogen and oxygen atoms in total. The minimum Gasteiger partial charge on any atom is -0.471 e. The van der Waals surface area contributed by atoms with Gasteiger partial charge in [-0.1, -0.05) is 60.2 Å². The maximum atomic E-state index is 13.6. The van der Waals surface area contributed by atoms with E-state index in [0.29, 0.717) is 22.7 Å². The highest BCUT2D eigenvalue weighted by Crippen LogP contribution is 2.30. The van der Waals surface area contributed by atoms with Crippen LogP contribution in [0.15, 0.2) is 91.3 Å². The summed E-state index contributed by atoms with van der Waals surface area (Å²) in [6, 6.07) is 22.9. The fraction of sp³-hybridized carbons (Fsp3) is 0.125. The zero-order valence-electron chi connectivity index (χ0n) is 22.6. The first-order chi connectivity index (χ1) is 19.4. The van der Waals surface area contributed by atoms with Crippen molar-refractivity contribution in [2.24, 2.45) is 0 Å².